The number of hydrogen-bond acceptors (Lipinski definition) is 4. The van der Waals surface area contributed by atoms with Gasteiger partial charge in [0.1, 0.15) is 11.5 Å². The summed E-state index contributed by atoms with van der Waals surface area (Å²) in [5.74, 6) is 0.151. The lowest BCUT2D eigenvalue weighted by Gasteiger charge is -2.40. The Balaban J connectivity index is 2.25. The van der Waals surface area contributed by atoms with E-state index in [0.717, 1.165) is 16.9 Å². The second-order valence-corrected chi connectivity index (χ2v) is 8.37. The van der Waals surface area contributed by atoms with Crippen molar-refractivity contribution in [3.05, 3.63) is 29.3 Å². The summed E-state index contributed by atoms with van der Waals surface area (Å²) in [7, 11) is -1.70. The number of hydrogen-bond donors (Lipinski definition) is 0. The highest BCUT2D eigenvalue weighted by atomic mass is 32.2. The monoisotopic (exact) mass is 339 g/mol. The molecule has 1 aromatic carbocycles. The quantitative estimate of drug-likeness (QED) is 0.826. The molecule has 0 N–H and O–H groups in total. The van der Waals surface area contributed by atoms with Crippen molar-refractivity contribution in [1.82, 2.24) is 4.90 Å². The topological polar surface area (TPSA) is 63.7 Å². The molecule has 1 aliphatic heterocycles. The summed E-state index contributed by atoms with van der Waals surface area (Å²) >= 11 is 0. The van der Waals surface area contributed by atoms with Crippen LogP contribution in [0.25, 0.3) is 0 Å². The lowest BCUT2D eigenvalue weighted by atomic mass is 9.89. The number of rotatable bonds is 5. The highest BCUT2D eigenvalue weighted by molar-refractivity contribution is 7.92. The smallest absolute Gasteiger partial charge is 0.238 e. The van der Waals surface area contributed by atoms with Crippen molar-refractivity contribution >= 4 is 15.7 Å². The van der Waals surface area contributed by atoms with E-state index >= 15 is 0 Å². The minimum Gasteiger partial charge on any atom is -0.497 e. The van der Waals surface area contributed by atoms with Crippen molar-refractivity contribution in [2.24, 2.45) is 0 Å². The lowest BCUT2D eigenvalue weighted by Crippen LogP contribution is -2.47. The molecule has 2 atom stereocenters. The fraction of sp³-hybridized carbons (Fsp3) is 0.588. The fourth-order valence-corrected chi connectivity index (χ4v) is 4.64. The third-order valence-corrected chi connectivity index (χ3v) is 6.07. The summed E-state index contributed by atoms with van der Waals surface area (Å²) in [5, 5.41) is 0. The van der Waals surface area contributed by atoms with E-state index in [4.69, 9.17) is 4.74 Å². The van der Waals surface area contributed by atoms with Gasteiger partial charge in [-0.1, -0.05) is 13.0 Å². The van der Waals surface area contributed by atoms with Crippen LogP contribution in [0.5, 0.6) is 5.75 Å². The van der Waals surface area contributed by atoms with Crippen molar-refractivity contribution in [1.29, 1.82) is 0 Å². The Labute approximate surface area is 138 Å². The van der Waals surface area contributed by atoms with Crippen LogP contribution < -0.4 is 4.74 Å². The molecule has 6 heteroatoms. The molecule has 1 aromatic rings. The minimum absolute atomic E-state index is 0.0334. The average Bonchev–Trinajstić information content (AvgIpc) is 2.45. The van der Waals surface area contributed by atoms with Crippen LogP contribution in [0.1, 0.15) is 44.4 Å². The molecule has 1 heterocycles. The number of carbonyl (C=O) groups excluding carboxylic acids is 1. The van der Waals surface area contributed by atoms with E-state index in [9.17, 15) is 13.2 Å². The molecule has 2 unspecified atom stereocenters. The number of fused-ring (bicyclic) bond motifs is 1. The molecule has 23 heavy (non-hydrogen) atoms. The van der Waals surface area contributed by atoms with E-state index in [0.29, 0.717) is 12.8 Å². The van der Waals surface area contributed by atoms with Crippen molar-refractivity contribution in [3.8, 4) is 5.75 Å². The maximum atomic E-state index is 12.6. The molecule has 0 saturated carbocycles. The molecule has 0 saturated heterocycles. The Morgan fingerprint density at radius 3 is 2.65 bits per heavy atom. The summed E-state index contributed by atoms with van der Waals surface area (Å²) < 4.78 is 29.2. The number of amides is 1. The summed E-state index contributed by atoms with van der Waals surface area (Å²) in [6, 6.07) is 5.67. The summed E-state index contributed by atoms with van der Waals surface area (Å²) in [5.41, 5.74) is 2.22. The molecule has 0 aliphatic carbocycles. The third kappa shape index (κ3) is 3.86. The van der Waals surface area contributed by atoms with Gasteiger partial charge in [0.25, 0.3) is 0 Å². The maximum absolute atomic E-state index is 12.6. The highest BCUT2D eigenvalue weighted by Crippen LogP contribution is 2.34. The van der Waals surface area contributed by atoms with Gasteiger partial charge in [-0.2, -0.15) is 0 Å². The molecular weight excluding hydrogens is 314 g/mol. The third-order valence-electron chi connectivity index (χ3n) is 4.35. The number of benzene rings is 1. The highest BCUT2D eigenvalue weighted by Gasteiger charge is 2.34. The van der Waals surface area contributed by atoms with Crippen molar-refractivity contribution in [2.45, 2.75) is 45.7 Å². The Hall–Kier alpha value is -1.56. The van der Waals surface area contributed by atoms with Crippen LogP contribution in [0.2, 0.25) is 0 Å². The van der Waals surface area contributed by atoms with Crippen LogP contribution in [0, 0.1) is 0 Å². The van der Waals surface area contributed by atoms with Gasteiger partial charge in [0.05, 0.1) is 18.9 Å². The molecule has 0 spiro atoms. The number of ether oxygens (including phenoxy) is 1. The minimum atomic E-state index is -3.33. The molecule has 0 fully saturated rings. The SMILES string of the molecule is CCCS(=O)(=O)CC(=O)N1C(C)Cc2cc(OC)ccc2C1C. The number of sulfone groups is 1. The molecule has 1 aliphatic rings. The summed E-state index contributed by atoms with van der Waals surface area (Å²) in [4.78, 5) is 14.3. The van der Waals surface area contributed by atoms with Crippen LogP contribution in [-0.4, -0.2) is 43.9 Å². The molecule has 128 valence electrons. The molecule has 1 amide bonds. The van der Waals surface area contributed by atoms with E-state index in [-0.39, 0.29) is 23.7 Å². The van der Waals surface area contributed by atoms with Gasteiger partial charge in [-0.15, -0.1) is 0 Å². The van der Waals surface area contributed by atoms with Crippen molar-refractivity contribution in [3.63, 3.8) is 0 Å². The first-order chi connectivity index (χ1) is 10.8. The van der Waals surface area contributed by atoms with Crippen LogP contribution in [0.4, 0.5) is 0 Å². The molecule has 5 nitrogen and oxygen atoms in total. The first kappa shape index (κ1) is 17.8. The van der Waals surface area contributed by atoms with E-state index in [1.54, 1.807) is 18.9 Å². The Bertz CT molecular complexity index is 684. The van der Waals surface area contributed by atoms with E-state index in [1.165, 1.54) is 0 Å². The van der Waals surface area contributed by atoms with Gasteiger partial charge in [-0.25, -0.2) is 8.42 Å². The Kier molecular flexibility index (Phi) is 5.34. The van der Waals surface area contributed by atoms with Gasteiger partial charge in [0.15, 0.2) is 9.84 Å². The zero-order valence-electron chi connectivity index (χ0n) is 14.2. The number of methoxy groups -OCH3 is 1. The van der Waals surface area contributed by atoms with Crippen molar-refractivity contribution in [2.75, 3.05) is 18.6 Å². The van der Waals surface area contributed by atoms with Crippen molar-refractivity contribution < 1.29 is 17.9 Å². The zero-order chi connectivity index (χ0) is 17.2. The van der Waals surface area contributed by atoms with Crippen LogP contribution in [0.3, 0.4) is 0 Å². The van der Waals surface area contributed by atoms with Gasteiger partial charge in [0.2, 0.25) is 5.91 Å². The molecule has 2 rings (SSSR count). The normalized spacial score (nSPS) is 21.0. The lowest BCUT2D eigenvalue weighted by molar-refractivity contribution is -0.133. The second-order valence-electron chi connectivity index (χ2n) is 6.19. The van der Waals surface area contributed by atoms with Crippen LogP contribution in [-0.2, 0) is 21.1 Å². The van der Waals surface area contributed by atoms with E-state index < -0.39 is 15.6 Å². The van der Waals surface area contributed by atoms with Crippen LogP contribution >= 0.6 is 0 Å². The number of carbonyl (C=O) groups is 1. The van der Waals surface area contributed by atoms with E-state index in [1.807, 2.05) is 32.0 Å². The standard InChI is InChI=1S/C17H25NO4S/c1-5-8-23(20,21)11-17(19)18-12(2)9-14-10-15(22-4)6-7-16(14)13(18)3/h6-7,10,12-13H,5,8-9,11H2,1-4H3. The van der Waals surface area contributed by atoms with Gasteiger partial charge >= 0.3 is 0 Å². The Morgan fingerprint density at radius 1 is 1.35 bits per heavy atom. The molecule has 0 radical (unpaired) electrons. The second kappa shape index (κ2) is 6.91. The number of nitrogens with zero attached hydrogens (tertiary/aromatic N) is 1. The van der Waals surface area contributed by atoms with Crippen LogP contribution in [0.15, 0.2) is 18.2 Å². The van der Waals surface area contributed by atoms with Gasteiger partial charge in [0, 0.05) is 6.04 Å². The summed E-state index contributed by atoms with van der Waals surface area (Å²) in [6.07, 6.45) is 1.24. The average molecular weight is 339 g/mol. The predicted molar refractivity (Wildman–Crippen MR) is 90.4 cm³/mol. The predicted octanol–water partition coefficient (Wildman–Crippen LogP) is 2.35. The zero-order valence-corrected chi connectivity index (χ0v) is 15.0. The summed E-state index contributed by atoms with van der Waals surface area (Å²) in [6.45, 7) is 5.71. The van der Waals surface area contributed by atoms with Gasteiger partial charge in [-0.05, 0) is 49.9 Å². The van der Waals surface area contributed by atoms with Gasteiger partial charge in [-0.3, -0.25) is 4.79 Å². The first-order valence-corrected chi connectivity index (χ1v) is 9.79. The molecule has 0 aromatic heterocycles. The largest absolute Gasteiger partial charge is 0.497 e. The van der Waals surface area contributed by atoms with Gasteiger partial charge < -0.3 is 9.64 Å². The first-order valence-electron chi connectivity index (χ1n) is 7.97. The maximum Gasteiger partial charge on any atom is 0.238 e. The molecular formula is C17H25NO4S. The van der Waals surface area contributed by atoms with E-state index in [2.05, 4.69) is 0 Å². The fourth-order valence-electron chi connectivity index (χ4n) is 3.35. The Morgan fingerprint density at radius 2 is 2.04 bits per heavy atom. The molecule has 0 bridgehead atoms.